The van der Waals surface area contributed by atoms with Gasteiger partial charge in [-0.2, -0.15) is 0 Å². The number of nitrogens with one attached hydrogen (secondary N) is 1. The number of hydrogen-bond acceptors (Lipinski definition) is 2. The van der Waals surface area contributed by atoms with Crippen molar-refractivity contribution < 1.29 is 0 Å². The molecule has 1 aliphatic heterocycles. The first-order valence-corrected chi connectivity index (χ1v) is 7.08. The van der Waals surface area contributed by atoms with Crippen LogP contribution in [0.4, 0.5) is 0 Å². The van der Waals surface area contributed by atoms with Crippen LogP contribution in [0.5, 0.6) is 0 Å². The maximum Gasteiger partial charge on any atom is 0.0606 e. The zero-order valence-corrected chi connectivity index (χ0v) is 12.3. The summed E-state index contributed by atoms with van der Waals surface area (Å²) >= 11 is 0. The van der Waals surface area contributed by atoms with E-state index < -0.39 is 0 Å². The Morgan fingerprint density at radius 2 is 1.74 bits per heavy atom. The second-order valence-electron chi connectivity index (χ2n) is 6.16. The SMILES string of the molecule is CC(C)(C)c1ccc(C#CCN2CCNCC2)cc1. The molecule has 1 aliphatic rings. The summed E-state index contributed by atoms with van der Waals surface area (Å²) in [7, 11) is 0. The van der Waals surface area contributed by atoms with Gasteiger partial charge in [0.05, 0.1) is 6.54 Å². The first-order chi connectivity index (χ1) is 9.05. The molecule has 0 bridgehead atoms. The predicted molar refractivity (Wildman–Crippen MR) is 81.3 cm³/mol. The Morgan fingerprint density at radius 3 is 2.32 bits per heavy atom. The highest BCUT2D eigenvalue weighted by molar-refractivity contribution is 5.38. The Labute approximate surface area is 117 Å². The molecule has 2 rings (SSSR count). The minimum absolute atomic E-state index is 0.215. The lowest BCUT2D eigenvalue weighted by atomic mass is 9.87. The molecular weight excluding hydrogens is 232 g/mol. The number of rotatable bonds is 1. The highest BCUT2D eigenvalue weighted by Gasteiger charge is 2.12. The summed E-state index contributed by atoms with van der Waals surface area (Å²) in [5.41, 5.74) is 2.69. The van der Waals surface area contributed by atoms with Crippen molar-refractivity contribution in [2.45, 2.75) is 26.2 Å². The fraction of sp³-hybridized carbons (Fsp3) is 0.529. The normalized spacial score (nSPS) is 16.8. The molecule has 19 heavy (non-hydrogen) atoms. The van der Waals surface area contributed by atoms with Crippen molar-refractivity contribution in [2.24, 2.45) is 0 Å². The van der Waals surface area contributed by atoms with E-state index in [-0.39, 0.29) is 5.41 Å². The smallest absolute Gasteiger partial charge is 0.0606 e. The van der Waals surface area contributed by atoms with E-state index in [1.54, 1.807) is 0 Å². The Balaban J connectivity index is 1.92. The molecule has 0 radical (unpaired) electrons. The van der Waals surface area contributed by atoms with Crippen LogP contribution in [0.2, 0.25) is 0 Å². The monoisotopic (exact) mass is 256 g/mol. The fourth-order valence-electron chi connectivity index (χ4n) is 2.18. The predicted octanol–water partition coefficient (Wildman–Crippen LogP) is 2.24. The second kappa shape index (κ2) is 6.23. The van der Waals surface area contributed by atoms with Crippen LogP contribution in [0.3, 0.4) is 0 Å². The molecule has 0 aliphatic carbocycles. The van der Waals surface area contributed by atoms with Gasteiger partial charge >= 0.3 is 0 Å². The molecule has 1 aromatic rings. The molecule has 0 amide bonds. The van der Waals surface area contributed by atoms with Crippen LogP contribution in [0.15, 0.2) is 24.3 Å². The first-order valence-electron chi connectivity index (χ1n) is 7.08. The van der Waals surface area contributed by atoms with Crippen LogP contribution in [-0.2, 0) is 5.41 Å². The van der Waals surface area contributed by atoms with Gasteiger partial charge in [0.25, 0.3) is 0 Å². The van der Waals surface area contributed by atoms with Crippen LogP contribution in [0, 0.1) is 11.8 Å². The van der Waals surface area contributed by atoms with Crippen molar-refractivity contribution in [1.82, 2.24) is 10.2 Å². The van der Waals surface area contributed by atoms with E-state index in [0.29, 0.717) is 0 Å². The van der Waals surface area contributed by atoms with Crippen LogP contribution in [0.25, 0.3) is 0 Å². The standard InChI is InChI=1S/C17H24N2/c1-17(2,3)16-8-6-15(7-9-16)5-4-12-19-13-10-18-11-14-19/h6-9,18H,10-14H2,1-3H3. The Morgan fingerprint density at radius 1 is 1.11 bits per heavy atom. The second-order valence-corrected chi connectivity index (χ2v) is 6.16. The number of piperazine rings is 1. The number of nitrogens with zero attached hydrogens (tertiary/aromatic N) is 1. The molecular formula is C17H24N2. The number of benzene rings is 1. The molecule has 1 N–H and O–H groups in total. The fourth-order valence-corrected chi connectivity index (χ4v) is 2.18. The van der Waals surface area contributed by atoms with Crippen LogP contribution < -0.4 is 5.32 Å². The van der Waals surface area contributed by atoms with Gasteiger partial charge in [-0.25, -0.2) is 0 Å². The first kappa shape index (κ1) is 14.1. The van der Waals surface area contributed by atoms with E-state index in [1.807, 2.05) is 0 Å². The van der Waals surface area contributed by atoms with E-state index in [4.69, 9.17) is 0 Å². The van der Waals surface area contributed by atoms with Gasteiger partial charge in [0.15, 0.2) is 0 Å². The molecule has 102 valence electrons. The zero-order valence-electron chi connectivity index (χ0n) is 12.3. The third-order valence-electron chi connectivity index (χ3n) is 3.50. The number of hydrogen-bond donors (Lipinski definition) is 1. The summed E-state index contributed by atoms with van der Waals surface area (Å²) < 4.78 is 0. The lowest BCUT2D eigenvalue weighted by Crippen LogP contribution is -2.43. The highest BCUT2D eigenvalue weighted by Crippen LogP contribution is 2.21. The molecule has 0 atom stereocenters. The molecule has 0 aromatic heterocycles. The minimum Gasteiger partial charge on any atom is -0.314 e. The van der Waals surface area contributed by atoms with Gasteiger partial charge < -0.3 is 5.32 Å². The van der Waals surface area contributed by atoms with Crippen molar-refractivity contribution in [3.63, 3.8) is 0 Å². The highest BCUT2D eigenvalue weighted by atomic mass is 15.2. The average molecular weight is 256 g/mol. The summed E-state index contributed by atoms with van der Waals surface area (Å²) in [6, 6.07) is 8.64. The summed E-state index contributed by atoms with van der Waals surface area (Å²) in [5, 5.41) is 3.35. The topological polar surface area (TPSA) is 15.3 Å². The molecule has 0 unspecified atom stereocenters. The van der Waals surface area contributed by atoms with Gasteiger partial charge in [-0.1, -0.05) is 44.7 Å². The molecule has 0 spiro atoms. The van der Waals surface area contributed by atoms with Crippen molar-refractivity contribution in [1.29, 1.82) is 0 Å². The van der Waals surface area contributed by atoms with Gasteiger partial charge in [-0.3, -0.25) is 4.90 Å². The van der Waals surface area contributed by atoms with E-state index in [2.05, 4.69) is 67.1 Å². The van der Waals surface area contributed by atoms with Gasteiger partial charge in [0.2, 0.25) is 0 Å². The maximum absolute atomic E-state index is 3.35. The molecule has 1 fully saturated rings. The Hall–Kier alpha value is -1.30. The van der Waals surface area contributed by atoms with E-state index in [1.165, 1.54) is 5.56 Å². The molecule has 1 aromatic carbocycles. The van der Waals surface area contributed by atoms with E-state index in [9.17, 15) is 0 Å². The molecule has 2 nitrogen and oxygen atoms in total. The van der Waals surface area contributed by atoms with Gasteiger partial charge in [-0.05, 0) is 23.1 Å². The Bertz CT molecular complexity index is 451. The Kier molecular flexibility index (Phi) is 4.63. The minimum atomic E-state index is 0.215. The molecule has 0 saturated carbocycles. The van der Waals surface area contributed by atoms with Gasteiger partial charge in [0.1, 0.15) is 0 Å². The third-order valence-corrected chi connectivity index (χ3v) is 3.50. The van der Waals surface area contributed by atoms with Crippen molar-refractivity contribution in [3.8, 4) is 11.8 Å². The molecule has 1 heterocycles. The maximum atomic E-state index is 3.35. The van der Waals surface area contributed by atoms with Crippen molar-refractivity contribution >= 4 is 0 Å². The summed E-state index contributed by atoms with van der Waals surface area (Å²) in [6.45, 7) is 12.0. The quantitative estimate of drug-likeness (QED) is 0.775. The lowest BCUT2D eigenvalue weighted by Gasteiger charge is -2.24. The zero-order chi connectivity index (χ0) is 13.7. The third kappa shape index (κ3) is 4.38. The van der Waals surface area contributed by atoms with Gasteiger partial charge in [-0.15, -0.1) is 0 Å². The average Bonchev–Trinajstić information content (AvgIpc) is 2.39. The van der Waals surface area contributed by atoms with Crippen LogP contribution in [0.1, 0.15) is 31.9 Å². The van der Waals surface area contributed by atoms with Gasteiger partial charge in [0, 0.05) is 31.7 Å². The summed E-state index contributed by atoms with van der Waals surface area (Å²) in [4.78, 5) is 2.40. The largest absolute Gasteiger partial charge is 0.314 e. The van der Waals surface area contributed by atoms with Crippen molar-refractivity contribution in [3.05, 3.63) is 35.4 Å². The summed E-state index contributed by atoms with van der Waals surface area (Å²) in [5.74, 6) is 6.54. The molecule has 1 saturated heterocycles. The van der Waals surface area contributed by atoms with Crippen molar-refractivity contribution in [2.75, 3.05) is 32.7 Å². The van der Waals surface area contributed by atoms with Crippen LogP contribution in [-0.4, -0.2) is 37.6 Å². The summed E-state index contributed by atoms with van der Waals surface area (Å²) in [6.07, 6.45) is 0. The van der Waals surface area contributed by atoms with E-state index in [0.717, 1.165) is 38.3 Å². The van der Waals surface area contributed by atoms with E-state index >= 15 is 0 Å². The lowest BCUT2D eigenvalue weighted by molar-refractivity contribution is 0.268. The molecule has 2 heteroatoms. The van der Waals surface area contributed by atoms with Crippen LogP contribution >= 0.6 is 0 Å².